The first-order valence-corrected chi connectivity index (χ1v) is 16.9. The maximum atomic E-state index is 14.2. The largest absolute Gasteiger partial charge is 2.00 e. The normalized spacial score (nSPS) is 19.8. The molecule has 1 saturated carbocycles. The van der Waals surface area contributed by atoms with Crippen LogP contribution in [0, 0.1) is 65.6 Å². The number of likely N-dealkylation sites (tertiary alicyclic amines) is 1. The minimum absolute atomic E-state index is 0. The Hall–Kier alpha value is -2.13. The average Bonchev–Trinajstić information content (AvgIpc) is 3.36. The van der Waals surface area contributed by atoms with Gasteiger partial charge in [0, 0.05) is 13.1 Å². The van der Waals surface area contributed by atoms with Gasteiger partial charge in [0.1, 0.15) is 12.1 Å². The SMILES string of the molecule is CC(C)[C@H]1CCN(C(=O)[C@@H](NC(=O)N[C@H](CN(C)[C-]=O)C(C)(C)C)C(C)(C)C)[C@@H]1C(=O)NC(CC1CCC1)C(=O)C(N)=O.C[C-](C)C.[U+2]. The van der Waals surface area contributed by atoms with Crippen molar-refractivity contribution in [2.75, 3.05) is 20.1 Å². The smallest absolute Gasteiger partial charge is 0.520 e. The number of ketones is 1. The third kappa shape index (κ3) is 14.4. The number of primary amides is 1. The number of carbonyl (C=O) groups is 5. The Labute approximate surface area is 312 Å². The molecule has 1 heterocycles. The first-order valence-electron chi connectivity index (χ1n) is 16.9. The molecule has 0 aromatic heterocycles. The number of urea groups is 1. The minimum Gasteiger partial charge on any atom is -0.520 e. The van der Waals surface area contributed by atoms with Crippen LogP contribution in [0.3, 0.4) is 0 Å². The Balaban J connectivity index is 0.00000417. The van der Waals surface area contributed by atoms with Crippen LogP contribution in [0.4, 0.5) is 4.79 Å². The van der Waals surface area contributed by atoms with Gasteiger partial charge < -0.3 is 42.2 Å². The molecule has 2 aliphatic rings. The van der Waals surface area contributed by atoms with E-state index in [0.717, 1.165) is 19.3 Å². The number of amides is 6. The van der Waals surface area contributed by atoms with E-state index in [9.17, 15) is 28.8 Å². The van der Waals surface area contributed by atoms with Crippen LogP contribution in [0.25, 0.3) is 0 Å². The molecule has 5 atom stereocenters. The number of hydrogen-bond acceptors (Lipinski definition) is 6. The maximum Gasteiger partial charge on any atom is 2.00 e. The van der Waals surface area contributed by atoms with E-state index in [-0.39, 0.29) is 55.4 Å². The maximum absolute atomic E-state index is 14.2. The van der Waals surface area contributed by atoms with Crippen LogP contribution < -0.4 is 21.7 Å². The van der Waals surface area contributed by atoms with Gasteiger partial charge in [0.15, 0.2) is 0 Å². The van der Waals surface area contributed by atoms with E-state index in [1.54, 1.807) is 13.5 Å². The summed E-state index contributed by atoms with van der Waals surface area (Å²) >= 11 is 0. The molecule has 1 aliphatic heterocycles. The number of likely N-dealkylation sites (N-methyl/N-ethyl adjacent to an activating group) is 1. The number of nitrogens with two attached hydrogens (primary N) is 1. The zero-order chi connectivity index (χ0) is 36.4. The molecule has 0 aromatic rings. The molecule has 0 spiro atoms. The van der Waals surface area contributed by atoms with E-state index >= 15 is 0 Å². The van der Waals surface area contributed by atoms with Gasteiger partial charge in [-0.05, 0) is 48.5 Å². The summed E-state index contributed by atoms with van der Waals surface area (Å²) in [6.07, 6.45) is 5.58. The first-order chi connectivity index (χ1) is 21.5. The summed E-state index contributed by atoms with van der Waals surface area (Å²) in [6.45, 7) is 22.0. The van der Waals surface area contributed by atoms with Gasteiger partial charge >= 0.3 is 37.1 Å². The van der Waals surface area contributed by atoms with E-state index in [0.29, 0.717) is 19.4 Å². The fourth-order valence-corrected chi connectivity index (χ4v) is 5.81. The number of hydrogen-bond donors (Lipinski definition) is 4. The number of Topliss-reactive ketones (excluding diaryl/α,β-unsaturated/α-hetero) is 1. The second kappa shape index (κ2) is 19.9. The molecule has 1 aliphatic carbocycles. The molecule has 1 unspecified atom stereocenters. The van der Waals surface area contributed by atoms with Gasteiger partial charge in [-0.1, -0.05) is 74.7 Å². The van der Waals surface area contributed by atoms with Crippen LogP contribution in [-0.2, 0) is 24.0 Å². The van der Waals surface area contributed by atoms with Gasteiger partial charge in [0.05, 0.1) is 12.1 Å². The average molecular weight is 901 g/mol. The number of carbonyl (C=O) groups excluding carboxylic acids is 6. The molecule has 13 heteroatoms. The van der Waals surface area contributed by atoms with Crippen LogP contribution in [0.15, 0.2) is 0 Å². The van der Waals surface area contributed by atoms with Gasteiger partial charge in [-0.15, -0.1) is 0 Å². The Morgan fingerprint density at radius 3 is 1.88 bits per heavy atom. The van der Waals surface area contributed by atoms with E-state index in [4.69, 9.17) is 5.73 Å². The topological polar surface area (TPSA) is 171 Å². The molecule has 5 N–H and O–H groups in total. The molecular weight excluding hydrogens is 838 g/mol. The van der Waals surface area contributed by atoms with Crippen LogP contribution >= 0.6 is 0 Å². The molecule has 2 fully saturated rings. The molecule has 0 radical (unpaired) electrons. The third-order valence-corrected chi connectivity index (χ3v) is 8.87. The number of nitrogens with one attached hydrogen (secondary N) is 3. The van der Waals surface area contributed by atoms with E-state index in [1.807, 2.05) is 55.4 Å². The molecule has 6 amide bonds. The van der Waals surface area contributed by atoms with Crippen molar-refractivity contribution in [2.45, 2.75) is 132 Å². The van der Waals surface area contributed by atoms with Crippen molar-refractivity contribution >= 4 is 35.9 Å². The van der Waals surface area contributed by atoms with Crippen molar-refractivity contribution < 1.29 is 59.9 Å². The molecule has 0 aromatic carbocycles. The Morgan fingerprint density at radius 2 is 1.48 bits per heavy atom. The summed E-state index contributed by atoms with van der Waals surface area (Å²) in [7, 11) is 1.57. The Bertz CT molecular complexity index is 1100. The zero-order valence-electron chi connectivity index (χ0n) is 31.4. The molecule has 48 heavy (non-hydrogen) atoms. The quantitative estimate of drug-likeness (QED) is 0.126. The van der Waals surface area contributed by atoms with Crippen LogP contribution in [0.1, 0.15) is 108 Å². The van der Waals surface area contributed by atoms with Gasteiger partial charge in [0.25, 0.3) is 5.91 Å². The molecule has 0 bridgehead atoms. The second-order valence-electron chi connectivity index (χ2n) is 16.3. The van der Waals surface area contributed by atoms with Crippen molar-refractivity contribution in [1.29, 1.82) is 0 Å². The third-order valence-electron chi connectivity index (χ3n) is 8.87. The predicted octanol–water partition coefficient (Wildman–Crippen LogP) is 3.34. The molecular formula is C35H62N6O6U. The van der Waals surface area contributed by atoms with Crippen molar-refractivity contribution in [3.05, 3.63) is 5.92 Å². The molecule has 272 valence electrons. The fourth-order valence-electron chi connectivity index (χ4n) is 5.81. The predicted molar refractivity (Wildman–Crippen MR) is 183 cm³/mol. The second-order valence-corrected chi connectivity index (χ2v) is 16.3. The molecule has 1 saturated heterocycles. The monoisotopic (exact) mass is 901 g/mol. The summed E-state index contributed by atoms with van der Waals surface area (Å²) in [5, 5.41) is 8.52. The van der Waals surface area contributed by atoms with E-state index < -0.39 is 64.5 Å². The summed E-state index contributed by atoms with van der Waals surface area (Å²) in [5.41, 5.74) is 4.19. The Kier molecular flexibility index (Phi) is 19.0. The standard InChI is InChI=1S/C31H53N6O6.C4H9.U/c1-18(2)20-13-14-37(23(20)27(41)33-21(24(39)26(32)40)15-19-11-10-12-19)28(42)25(31(6,7)8)35-29(43)34-22(30(3,4)5)16-36(9)17-38;1-4(2)3;/h18-23,25H,10-16H2,1-9H3,(H2,32,40)(H,33,41)(H2,34,35,43);1-3H3;/q2*-1;+2/t20-,21?,22-,23+,25-;;/m1../s1. The van der Waals surface area contributed by atoms with Crippen LogP contribution in [0.5, 0.6) is 0 Å². The zero-order valence-corrected chi connectivity index (χ0v) is 35.6. The minimum atomic E-state index is -1.10. The number of nitrogens with zero attached hydrogens (tertiary/aromatic N) is 2. The molecule has 12 nitrogen and oxygen atoms in total. The van der Waals surface area contributed by atoms with Crippen LogP contribution in [0.2, 0.25) is 0 Å². The Morgan fingerprint density at radius 1 is 0.938 bits per heavy atom. The molecule has 2 rings (SSSR count). The summed E-state index contributed by atoms with van der Waals surface area (Å²) in [5.74, 6) is -1.34. The van der Waals surface area contributed by atoms with Crippen molar-refractivity contribution in [3.63, 3.8) is 0 Å². The first kappa shape index (κ1) is 45.9. The van der Waals surface area contributed by atoms with Crippen LogP contribution in [-0.4, -0.2) is 90.1 Å². The summed E-state index contributed by atoms with van der Waals surface area (Å²) in [6, 6.07) is -3.91. The van der Waals surface area contributed by atoms with Gasteiger partial charge in [-0.3, -0.25) is 19.2 Å². The van der Waals surface area contributed by atoms with Crippen molar-refractivity contribution in [2.24, 2.45) is 34.3 Å². The van der Waals surface area contributed by atoms with E-state index in [1.165, 1.54) is 15.7 Å². The summed E-state index contributed by atoms with van der Waals surface area (Å²) < 4.78 is 0. The van der Waals surface area contributed by atoms with Gasteiger partial charge in [-0.25, -0.2) is 4.79 Å². The summed E-state index contributed by atoms with van der Waals surface area (Å²) in [4.78, 5) is 79.7. The van der Waals surface area contributed by atoms with E-state index in [2.05, 4.69) is 36.7 Å². The number of rotatable bonds is 13. The van der Waals surface area contributed by atoms with Crippen molar-refractivity contribution in [3.8, 4) is 0 Å². The van der Waals surface area contributed by atoms with Crippen molar-refractivity contribution in [1.82, 2.24) is 25.8 Å². The fraction of sp³-hybridized carbons (Fsp3) is 0.800. The van der Waals surface area contributed by atoms with Gasteiger partial charge in [0.2, 0.25) is 17.6 Å². The van der Waals surface area contributed by atoms with Gasteiger partial charge in [-0.2, -0.15) is 27.2 Å².